The number of benzene rings is 1. The zero-order valence-corrected chi connectivity index (χ0v) is 10.3. The normalized spacial score (nSPS) is 15.1. The summed E-state index contributed by atoms with van der Waals surface area (Å²) in [6, 6.07) is 3.94. The predicted octanol–water partition coefficient (Wildman–Crippen LogP) is 3.89. The highest BCUT2D eigenvalue weighted by Gasteiger charge is 2.34. The predicted molar refractivity (Wildman–Crippen MR) is 55.6 cm³/mol. The lowest BCUT2D eigenvalue weighted by Gasteiger charge is -2.13. The Balaban J connectivity index is 2.95. The molecule has 0 heterocycles. The Kier molecular flexibility index (Phi) is 4.12. The molecule has 0 saturated carbocycles. The maximum absolute atomic E-state index is 12.0. The van der Waals surface area contributed by atoms with Gasteiger partial charge in [0.2, 0.25) is 0 Å². The van der Waals surface area contributed by atoms with E-state index in [4.69, 9.17) is 16.5 Å². The molecule has 0 amide bonds. The van der Waals surface area contributed by atoms with Gasteiger partial charge < -0.3 is 9.42 Å². The van der Waals surface area contributed by atoms with Gasteiger partial charge in [0.15, 0.2) is 0 Å². The van der Waals surface area contributed by atoms with Crippen LogP contribution in [0.1, 0.15) is 0 Å². The molecule has 1 aromatic carbocycles. The van der Waals surface area contributed by atoms with Gasteiger partial charge in [0.25, 0.3) is 0 Å². The highest BCUT2D eigenvalue weighted by molar-refractivity contribution is 9.10. The molecular formula is C7H5BrClF2O3P. The third kappa shape index (κ3) is 3.41. The van der Waals surface area contributed by atoms with Gasteiger partial charge in [-0.15, -0.1) is 0 Å². The lowest BCUT2D eigenvalue weighted by molar-refractivity contribution is 0.188. The second-order valence-corrected chi connectivity index (χ2v) is 5.50. The lowest BCUT2D eigenvalue weighted by atomic mass is 10.3. The van der Waals surface area contributed by atoms with Crippen LogP contribution in [0.25, 0.3) is 0 Å². The summed E-state index contributed by atoms with van der Waals surface area (Å²) >= 11 is 8.55. The smallest absolute Gasteiger partial charge is 0.420 e. The van der Waals surface area contributed by atoms with Crippen LogP contribution in [0.15, 0.2) is 22.7 Å². The molecule has 0 fully saturated rings. The maximum Gasteiger partial charge on any atom is 0.442 e. The minimum absolute atomic E-state index is 0.162. The average Bonchev–Trinajstić information content (AvgIpc) is 2.09. The molecule has 0 aliphatic heterocycles. The van der Waals surface area contributed by atoms with Crippen molar-refractivity contribution in [3.05, 3.63) is 27.7 Å². The van der Waals surface area contributed by atoms with Crippen LogP contribution in [0.4, 0.5) is 8.78 Å². The number of rotatable bonds is 3. The van der Waals surface area contributed by atoms with Crippen molar-refractivity contribution in [1.29, 1.82) is 0 Å². The minimum Gasteiger partial charge on any atom is -0.420 e. The van der Waals surface area contributed by atoms with E-state index in [2.05, 4.69) is 20.5 Å². The Hall–Kier alpha value is -0.160. The summed E-state index contributed by atoms with van der Waals surface area (Å²) in [6.07, 6.45) is -3.44. The average molecular weight is 321 g/mol. The van der Waals surface area contributed by atoms with Gasteiger partial charge in [0.1, 0.15) is 5.75 Å². The van der Waals surface area contributed by atoms with Gasteiger partial charge in [-0.25, -0.2) is 4.57 Å². The van der Waals surface area contributed by atoms with Crippen molar-refractivity contribution < 1.29 is 22.8 Å². The van der Waals surface area contributed by atoms with Crippen molar-refractivity contribution in [2.75, 3.05) is 0 Å². The van der Waals surface area contributed by atoms with Crippen LogP contribution >= 0.6 is 35.1 Å². The highest BCUT2D eigenvalue weighted by Crippen LogP contribution is 2.50. The molecule has 1 rings (SSSR count). The summed E-state index contributed by atoms with van der Waals surface area (Å²) in [7, 11) is -4.93. The lowest BCUT2D eigenvalue weighted by Crippen LogP contribution is -2.01. The molecular weight excluding hydrogens is 316 g/mol. The molecule has 1 atom stereocenters. The van der Waals surface area contributed by atoms with Gasteiger partial charge >= 0.3 is 13.8 Å². The Morgan fingerprint density at radius 2 is 2.13 bits per heavy atom. The number of hydrogen-bond acceptors (Lipinski definition) is 2. The van der Waals surface area contributed by atoms with Crippen molar-refractivity contribution in [3.63, 3.8) is 0 Å². The first kappa shape index (κ1) is 12.9. The van der Waals surface area contributed by atoms with Crippen LogP contribution in [0.2, 0.25) is 5.02 Å². The third-order valence-electron chi connectivity index (χ3n) is 1.37. The fraction of sp³-hybridized carbons (Fsp3) is 0.143. The fourth-order valence-electron chi connectivity index (χ4n) is 0.730. The molecule has 0 aliphatic carbocycles. The van der Waals surface area contributed by atoms with E-state index < -0.39 is 13.8 Å². The molecule has 8 heteroatoms. The topological polar surface area (TPSA) is 46.5 Å². The van der Waals surface area contributed by atoms with E-state index in [0.29, 0.717) is 5.02 Å². The van der Waals surface area contributed by atoms with Gasteiger partial charge in [-0.3, -0.25) is 0 Å². The third-order valence-corrected chi connectivity index (χ3v) is 3.18. The first-order valence-corrected chi connectivity index (χ1v) is 6.40. The summed E-state index contributed by atoms with van der Waals surface area (Å²) in [4.78, 5) is 8.77. The zero-order chi connectivity index (χ0) is 11.6. The number of hydrogen-bond donors (Lipinski definition) is 1. The van der Waals surface area contributed by atoms with Crippen molar-refractivity contribution in [1.82, 2.24) is 0 Å². The van der Waals surface area contributed by atoms with Crippen molar-refractivity contribution >= 4 is 35.1 Å². The van der Waals surface area contributed by atoms with Crippen LogP contribution in [-0.4, -0.2) is 11.1 Å². The second-order valence-electron chi connectivity index (χ2n) is 2.51. The summed E-state index contributed by atoms with van der Waals surface area (Å²) in [5, 5.41) is 0.346. The molecule has 15 heavy (non-hydrogen) atoms. The monoisotopic (exact) mass is 320 g/mol. The molecule has 1 N–H and O–H groups in total. The minimum atomic E-state index is -4.93. The zero-order valence-electron chi connectivity index (χ0n) is 7.03. The Morgan fingerprint density at radius 3 is 2.60 bits per heavy atom. The van der Waals surface area contributed by atoms with E-state index in [1.165, 1.54) is 18.2 Å². The Labute approximate surface area is 97.7 Å². The largest absolute Gasteiger partial charge is 0.442 e. The van der Waals surface area contributed by atoms with E-state index in [0.717, 1.165) is 0 Å². The molecule has 1 aromatic rings. The van der Waals surface area contributed by atoms with E-state index in [9.17, 15) is 13.3 Å². The van der Waals surface area contributed by atoms with Crippen LogP contribution < -0.4 is 4.52 Å². The molecule has 3 nitrogen and oxygen atoms in total. The second kappa shape index (κ2) is 4.78. The maximum atomic E-state index is 12.0. The van der Waals surface area contributed by atoms with Gasteiger partial charge in [0, 0.05) is 5.02 Å². The number of halogens is 4. The molecule has 1 unspecified atom stereocenters. The Morgan fingerprint density at radius 1 is 1.53 bits per heavy atom. The van der Waals surface area contributed by atoms with Gasteiger partial charge in [-0.05, 0) is 34.1 Å². The van der Waals surface area contributed by atoms with Crippen molar-refractivity contribution in [3.8, 4) is 5.75 Å². The standard InChI is InChI=1S/C7H5BrClF2O3P/c8-5-3-4(9)1-2-6(5)14-15(12,13)7(10)11/h1-3,7H,(H,12,13). The summed E-state index contributed by atoms with van der Waals surface area (Å²) in [5.41, 5.74) is 0. The first-order chi connectivity index (χ1) is 6.83. The van der Waals surface area contributed by atoms with Gasteiger partial charge in [-0.2, -0.15) is 8.78 Å². The van der Waals surface area contributed by atoms with Crippen LogP contribution in [-0.2, 0) is 4.57 Å². The molecule has 0 aromatic heterocycles. The van der Waals surface area contributed by atoms with Crippen LogP contribution in [0.3, 0.4) is 0 Å². The van der Waals surface area contributed by atoms with Crippen molar-refractivity contribution in [2.45, 2.75) is 6.17 Å². The molecule has 0 spiro atoms. The van der Waals surface area contributed by atoms with E-state index in [-0.39, 0.29) is 10.2 Å². The quantitative estimate of drug-likeness (QED) is 0.859. The molecule has 0 bridgehead atoms. The van der Waals surface area contributed by atoms with Crippen molar-refractivity contribution in [2.24, 2.45) is 0 Å². The van der Waals surface area contributed by atoms with Crippen LogP contribution in [0.5, 0.6) is 5.75 Å². The molecule has 0 saturated heterocycles. The highest BCUT2D eigenvalue weighted by atomic mass is 79.9. The van der Waals surface area contributed by atoms with E-state index in [1.54, 1.807) is 0 Å². The SMILES string of the molecule is O=P(O)(Oc1ccc(Cl)cc1Br)C(F)F. The summed E-state index contributed by atoms with van der Waals surface area (Å²) in [6.45, 7) is 0. The summed E-state index contributed by atoms with van der Waals surface area (Å²) < 4.78 is 39.4. The molecule has 0 radical (unpaired) electrons. The summed E-state index contributed by atoms with van der Waals surface area (Å²) in [5.74, 6) is -0.162. The number of alkyl halides is 2. The van der Waals surface area contributed by atoms with Gasteiger partial charge in [0.05, 0.1) is 4.47 Å². The molecule has 84 valence electrons. The molecule has 0 aliphatic rings. The Bertz CT molecular complexity index is 415. The van der Waals surface area contributed by atoms with E-state index >= 15 is 0 Å². The van der Waals surface area contributed by atoms with Crippen LogP contribution in [0, 0.1) is 0 Å². The van der Waals surface area contributed by atoms with Gasteiger partial charge in [-0.1, -0.05) is 11.6 Å². The fourth-order valence-corrected chi connectivity index (χ4v) is 2.14. The van der Waals surface area contributed by atoms with E-state index in [1.807, 2.05) is 0 Å². The first-order valence-electron chi connectivity index (χ1n) is 3.58.